The summed E-state index contributed by atoms with van der Waals surface area (Å²) in [5, 5.41) is 2.47. The van der Waals surface area contributed by atoms with Crippen LogP contribution >= 0.6 is 0 Å². The molecule has 0 bridgehead atoms. The molecule has 0 aliphatic carbocycles. The number of hydrogen-bond donors (Lipinski definition) is 2. The van der Waals surface area contributed by atoms with Crippen LogP contribution in [0.1, 0.15) is 17.3 Å². The fraction of sp³-hybridized carbons (Fsp3) is 0.250. The number of nitrogens with zero attached hydrogens (tertiary/aromatic N) is 1. The van der Waals surface area contributed by atoms with E-state index in [9.17, 15) is 9.18 Å². The number of aromatic nitrogens is 1. The van der Waals surface area contributed by atoms with Gasteiger partial charge in [0.05, 0.1) is 5.56 Å². The largest absolute Gasteiger partial charge is 0.381 e. The number of halogens is 1. The van der Waals surface area contributed by atoms with Gasteiger partial charge in [-0.1, -0.05) is 0 Å². The first-order valence-corrected chi connectivity index (χ1v) is 3.85. The number of nitrogen functional groups attached to an aromatic ring is 1. The summed E-state index contributed by atoms with van der Waals surface area (Å²) in [6.07, 6.45) is 1.29. The summed E-state index contributed by atoms with van der Waals surface area (Å²) in [6, 6.07) is 1.29. The average molecular weight is 183 g/mol. The van der Waals surface area contributed by atoms with Crippen LogP contribution in [0.2, 0.25) is 0 Å². The molecule has 0 saturated heterocycles. The molecule has 4 nitrogen and oxygen atoms in total. The minimum Gasteiger partial charge on any atom is -0.381 e. The molecule has 0 aliphatic rings. The predicted octanol–water partition coefficient (Wildman–Crippen LogP) is 0.553. The second kappa shape index (κ2) is 3.84. The zero-order valence-corrected chi connectivity index (χ0v) is 7.17. The highest BCUT2D eigenvalue weighted by Gasteiger charge is 2.12. The van der Waals surface area contributed by atoms with Crippen LogP contribution in [-0.2, 0) is 0 Å². The lowest BCUT2D eigenvalue weighted by Gasteiger charge is -2.03. The van der Waals surface area contributed by atoms with Crippen LogP contribution < -0.4 is 11.1 Å². The number of pyridine rings is 1. The van der Waals surface area contributed by atoms with Crippen molar-refractivity contribution in [2.24, 2.45) is 0 Å². The van der Waals surface area contributed by atoms with Gasteiger partial charge in [0.1, 0.15) is 0 Å². The van der Waals surface area contributed by atoms with Crippen LogP contribution in [0.4, 0.5) is 10.2 Å². The summed E-state index contributed by atoms with van der Waals surface area (Å²) < 4.78 is 13.1. The fourth-order valence-electron chi connectivity index (χ4n) is 0.891. The molecule has 0 aromatic carbocycles. The van der Waals surface area contributed by atoms with E-state index in [0.717, 1.165) is 0 Å². The smallest absolute Gasteiger partial charge is 0.254 e. The molecule has 0 saturated carbocycles. The molecule has 0 unspecified atom stereocenters. The standard InChI is InChI=1S/C8H10FN3O/c1-2-11-8(13)5-3-4-12-7(10)6(5)9/h3-4H,2H2,1H3,(H2,10,12)(H,11,13). The molecule has 0 atom stereocenters. The Labute approximate surface area is 75.0 Å². The Morgan fingerprint density at radius 1 is 1.77 bits per heavy atom. The molecule has 1 amide bonds. The van der Waals surface area contributed by atoms with Crippen LogP contribution in [0.5, 0.6) is 0 Å². The van der Waals surface area contributed by atoms with Gasteiger partial charge in [0, 0.05) is 12.7 Å². The highest BCUT2D eigenvalue weighted by Crippen LogP contribution is 2.10. The van der Waals surface area contributed by atoms with Crippen molar-refractivity contribution in [1.29, 1.82) is 0 Å². The second-order valence-corrected chi connectivity index (χ2v) is 2.42. The van der Waals surface area contributed by atoms with E-state index in [1.165, 1.54) is 12.3 Å². The topological polar surface area (TPSA) is 68.0 Å². The number of rotatable bonds is 2. The highest BCUT2D eigenvalue weighted by atomic mass is 19.1. The fourth-order valence-corrected chi connectivity index (χ4v) is 0.891. The summed E-state index contributed by atoms with van der Waals surface area (Å²) in [4.78, 5) is 14.7. The van der Waals surface area contributed by atoms with Gasteiger partial charge in [0.15, 0.2) is 11.6 Å². The Morgan fingerprint density at radius 3 is 3.08 bits per heavy atom. The third kappa shape index (κ3) is 1.93. The third-order valence-corrected chi connectivity index (χ3v) is 1.50. The Morgan fingerprint density at radius 2 is 2.46 bits per heavy atom. The van der Waals surface area contributed by atoms with Crippen LogP contribution in [0.25, 0.3) is 0 Å². The Kier molecular flexibility index (Phi) is 2.79. The first-order valence-electron chi connectivity index (χ1n) is 3.85. The van der Waals surface area contributed by atoms with Gasteiger partial charge in [-0.15, -0.1) is 0 Å². The number of hydrogen-bond acceptors (Lipinski definition) is 3. The Bertz CT molecular complexity index is 327. The van der Waals surface area contributed by atoms with Crippen LogP contribution in [0.3, 0.4) is 0 Å². The molecule has 5 heteroatoms. The molecule has 0 aliphatic heterocycles. The molecule has 0 spiro atoms. The maximum absolute atomic E-state index is 13.1. The number of anilines is 1. The van der Waals surface area contributed by atoms with E-state index in [1.807, 2.05) is 0 Å². The lowest BCUT2D eigenvalue weighted by molar-refractivity contribution is 0.0952. The molecule has 0 radical (unpaired) electrons. The molecule has 1 aromatic rings. The van der Waals surface area contributed by atoms with Crippen molar-refractivity contribution in [1.82, 2.24) is 10.3 Å². The number of nitrogens with two attached hydrogens (primary N) is 1. The zero-order chi connectivity index (χ0) is 9.84. The van der Waals surface area contributed by atoms with E-state index >= 15 is 0 Å². The third-order valence-electron chi connectivity index (χ3n) is 1.50. The summed E-state index contributed by atoms with van der Waals surface area (Å²) in [7, 11) is 0. The molecule has 1 aromatic heterocycles. The van der Waals surface area contributed by atoms with Gasteiger partial charge >= 0.3 is 0 Å². The van der Waals surface area contributed by atoms with Gasteiger partial charge in [-0.05, 0) is 13.0 Å². The monoisotopic (exact) mass is 183 g/mol. The van der Waals surface area contributed by atoms with Crippen molar-refractivity contribution in [2.75, 3.05) is 12.3 Å². The van der Waals surface area contributed by atoms with Crippen molar-refractivity contribution in [3.05, 3.63) is 23.6 Å². The molecule has 1 rings (SSSR count). The van der Waals surface area contributed by atoms with E-state index < -0.39 is 11.7 Å². The number of nitrogens with one attached hydrogen (secondary N) is 1. The van der Waals surface area contributed by atoms with Crippen LogP contribution in [-0.4, -0.2) is 17.4 Å². The first-order chi connectivity index (χ1) is 6.16. The lowest BCUT2D eigenvalue weighted by atomic mass is 10.2. The minimum atomic E-state index is -0.770. The SMILES string of the molecule is CCNC(=O)c1ccnc(N)c1F. The highest BCUT2D eigenvalue weighted by molar-refractivity contribution is 5.94. The van der Waals surface area contributed by atoms with Crippen molar-refractivity contribution in [3.63, 3.8) is 0 Å². The first kappa shape index (κ1) is 9.44. The Hall–Kier alpha value is -1.65. The van der Waals surface area contributed by atoms with Gasteiger partial charge in [-0.2, -0.15) is 0 Å². The average Bonchev–Trinajstić information content (AvgIpc) is 2.10. The Balaban J connectivity index is 3.01. The van der Waals surface area contributed by atoms with E-state index in [-0.39, 0.29) is 11.4 Å². The number of amides is 1. The van der Waals surface area contributed by atoms with Gasteiger partial charge in [0.25, 0.3) is 5.91 Å². The maximum atomic E-state index is 13.1. The number of carbonyl (C=O) groups excluding carboxylic acids is 1. The quantitative estimate of drug-likeness (QED) is 0.703. The van der Waals surface area contributed by atoms with Crippen molar-refractivity contribution in [2.45, 2.75) is 6.92 Å². The molecule has 0 fully saturated rings. The van der Waals surface area contributed by atoms with Crippen molar-refractivity contribution in [3.8, 4) is 0 Å². The zero-order valence-electron chi connectivity index (χ0n) is 7.17. The normalized spacial score (nSPS) is 9.69. The van der Waals surface area contributed by atoms with Crippen LogP contribution in [0.15, 0.2) is 12.3 Å². The molecule has 3 N–H and O–H groups in total. The van der Waals surface area contributed by atoms with E-state index in [4.69, 9.17) is 5.73 Å². The number of carbonyl (C=O) groups is 1. The summed E-state index contributed by atoms with van der Waals surface area (Å²) >= 11 is 0. The summed E-state index contributed by atoms with van der Waals surface area (Å²) in [5.74, 6) is -1.51. The molecule has 1 heterocycles. The van der Waals surface area contributed by atoms with Crippen LogP contribution in [0, 0.1) is 5.82 Å². The maximum Gasteiger partial charge on any atom is 0.254 e. The van der Waals surface area contributed by atoms with Gasteiger partial charge < -0.3 is 11.1 Å². The van der Waals surface area contributed by atoms with E-state index in [1.54, 1.807) is 6.92 Å². The van der Waals surface area contributed by atoms with Crippen molar-refractivity contribution >= 4 is 11.7 Å². The van der Waals surface area contributed by atoms with Gasteiger partial charge in [-0.3, -0.25) is 4.79 Å². The molecular weight excluding hydrogens is 173 g/mol. The van der Waals surface area contributed by atoms with E-state index in [0.29, 0.717) is 6.54 Å². The molecule has 70 valence electrons. The lowest BCUT2D eigenvalue weighted by Crippen LogP contribution is -2.24. The predicted molar refractivity (Wildman–Crippen MR) is 46.6 cm³/mol. The van der Waals surface area contributed by atoms with Gasteiger partial charge in [-0.25, -0.2) is 9.37 Å². The summed E-state index contributed by atoms with van der Waals surface area (Å²) in [6.45, 7) is 2.20. The molecular formula is C8H10FN3O. The minimum absolute atomic E-state index is 0.0747. The van der Waals surface area contributed by atoms with Gasteiger partial charge in [0.2, 0.25) is 0 Å². The molecule has 13 heavy (non-hydrogen) atoms. The summed E-state index contributed by atoms with van der Waals surface area (Å²) in [5.41, 5.74) is 5.11. The van der Waals surface area contributed by atoms with Crippen molar-refractivity contribution < 1.29 is 9.18 Å². The second-order valence-electron chi connectivity index (χ2n) is 2.42. The van der Waals surface area contributed by atoms with E-state index in [2.05, 4.69) is 10.3 Å².